The average molecular weight is 490 g/mol. The number of hydrogen-bond donors (Lipinski definition) is 3. The van der Waals surface area contributed by atoms with Gasteiger partial charge in [0.25, 0.3) is 0 Å². The van der Waals surface area contributed by atoms with Crippen molar-refractivity contribution < 1.29 is 24.2 Å². The Balaban J connectivity index is 1.47. The number of aliphatic hydroxyl groups excluding tert-OH is 1. The summed E-state index contributed by atoms with van der Waals surface area (Å²) in [4.78, 5) is 43.4. The Morgan fingerprint density at radius 2 is 2.00 bits per heavy atom. The molecule has 35 heavy (non-hydrogen) atoms. The first-order valence-corrected chi connectivity index (χ1v) is 13.0. The molecule has 1 saturated carbocycles. The van der Waals surface area contributed by atoms with E-state index < -0.39 is 35.5 Å². The second-order valence-corrected chi connectivity index (χ2v) is 11.6. The van der Waals surface area contributed by atoms with Gasteiger partial charge in [0.1, 0.15) is 29.5 Å². The molecule has 3 saturated heterocycles. The minimum atomic E-state index is -0.960. The second-order valence-electron chi connectivity index (χ2n) is 11.6. The van der Waals surface area contributed by atoms with Crippen LogP contribution < -0.4 is 10.6 Å². The molecule has 10 heteroatoms. The minimum Gasteiger partial charge on any atom is -0.444 e. The fourth-order valence-corrected chi connectivity index (χ4v) is 5.77. The van der Waals surface area contributed by atoms with Crippen LogP contribution in [0.2, 0.25) is 0 Å². The highest BCUT2D eigenvalue weighted by Crippen LogP contribution is 2.42. The van der Waals surface area contributed by atoms with E-state index >= 15 is 0 Å². The zero-order valence-electron chi connectivity index (χ0n) is 21.1. The van der Waals surface area contributed by atoms with E-state index in [2.05, 4.69) is 16.7 Å². The molecule has 3 aliphatic heterocycles. The standard InChI is InChI=1S/C25H39N5O5/c1-24(2,3)35-23(34)30-11-4-8-25(30)9-12-29(22(25)33)19(13-16-5-6-16)21(32)28-18(15-26)14-17-7-10-27-20(17)31/h16-20,27,31H,4-14H2,1-3H3,(H,28,32). The number of ether oxygens (including phenoxy) is 1. The Kier molecular flexibility index (Phi) is 7.30. The number of hydrogen-bond acceptors (Lipinski definition) is 7. The SMILES string of the molecule is CC(C)(C)OC(=O)N1CCCC12CCN(C(CC1CC1)C(=O)NC(C#N)CC1CCNC1O)C2=O. The molecule has 5 atom stereocenters. The van der Waals surface area contributed by atoms with Crippen molar-refractivity contribution in [3.05, 3.63) is 0 Å². The molecule has 4 rings (SSSR count). The van der Waals surface area contributed by atoms with Gasteiger partial charge in [-0.2, -0.15) is 5.26 Å². The predicted molar refractivity (Wildman–Crippen MR) is 127 cm³/mol. The molecule has 1 aliphatic carbocycles. The molecule has 0 aromatic rings. The molecule has 1 spiro atoms. The molecule has 5 unspecified atom stereocenters. The van der Waals surface area contributed by atoms with Crippen molar-refractivity contribution in [3.8, 4) is 6.07 Å². The maximum Gasteiger partial charge on any atom is 0.411 e. The van der Waals surface area contributed by atoms with Crippen molar-refractivity contribution in [2.24, 2.45) is 11.8 Å². The summed E-state index contributed by atoms with van der Waals surface area (Å²) < 4.78 is 5.59. The highest BCUT2D eigenvalue weighted by Gasteiger charge is 2.58. The van der Waals surface area contributed by atoms with E-state index in [9.17, 15) is 24.8 Å². The fourth-order valence-electron chi connectivity index (χ4n) is 5.77. The van der Waals surface area contributed by atoms with Crippen molar-refractivity contribution in [3.63, 3.8) is 0 Å². The Bertz CT molecular complexity index is 878. The van der Waals surface area contributed by atoms with Crippen LogP contribution >= 0.6 is 0 Å². The van der Waals surface area contributed by atoms with Gasteiger partial charge >= 0.3 is 6.09 Å². The zero-order chi connectivity index (χ0) is 25.4. The lowest BCUT2D eigenvalue weighted by Crippen LogP contribution is -2.57. The van der Waals surface area contributed by atoms with Crippen molar-refractivity contribution in [1.82, 2.24) is 20.4 Å². The molecule has 3 amide bonds. The molecule has 0 radical (unpaired) electrons. The third-order valence-corrected chi connectivity index (χ3v) is 7.79. The van der Waals surface area contributed by atoms with Crippen LogP contribution in [-0.4, -0.2) is 81.9 Å². The summed E-state index contributed by atoms with van der Waals surface area (Å²) in [5.41, 5.74) is -1.62. The quantitative estimate of drug-likeness (QED) is 0.493. The van der Waals surface area contributed by atoms with Gasteiger partial charge in [-0.1, -0.05) is 12.8 Å². The number of nitrogens with zero attached hydrogens (tertiary/aromatic N) is 3. The first-order chi connectivity index (χ1) is 16.5. The van der Waals surface area contributed by atoms with Gasteiger partial charge in [0, 0.05) is 19.0 Å². The normalized spacial score (nSPS) is 30.4. The van der Waals surface area contributed by atoms with Gasteiger partial charge in [-0.3, -0.25) is 19.8 Å². The summed E-state index contributed by atoms with van der Waals surface area (Å²) >= 11 is 0. The molecule has 0 aromatic heterocycles. The van der Waals surface area contributed by atoms with E-state index in [-0.39, 0.29) is 17.7 Å². The van der Waals surface area contributed by atoms with Crippen molar-refractivity contribution in [2.75, 3.05) is 19.6 Å². The van der Waals surface area contributed by atoms with Crippen LogP contribution in [0.5, 0.6) is 0 Å². The maximum atomic E-state index is 13.8. The highest BCUT2D eigenvalue weighted by molar-refractivity contribution is 5.96. The van der Waals surface area contributed by atoms with Crippen LogP contribution in [0.25, 0.3) is 0 Å². The van der Waals surface area contributed by atoms with E-state index in [0.717, 1.165) is 19.3 Å². The summed E-state index contributed by atoms with van der Waals surface area (Å²) in [7, 11) is 0. The van der Waals surface area contributed by atoms with Crippen molar-refractivity contribution in [2.45, 2.75) is 102 Å². The molecule has 0 aromatic carbocycles. The van der Waals surface area contributed by atoms with Gasteiger partial charge in [-0.15, -0.1) is 0 Å². The molecule has 4 fully saturated rings. The summed E-state index contributed by atoms with van der Waals surface area (Å²) in [6.07, 6.45) is 4.32. The highest BCUT2D eigenvalue weighted by atomic mass is 16.6. The smallest absolute Gasteiger partial charge is 0.411 e. The van der Waals surface area contributed by atoms with Crippen molar-refractivity contribution >= 4 is 17.9 Å². The topological polar surface area (TPSA) is 135 Å². The van der Waals surface area contributed by atoms with Crippen LogP contribution in [0.1, 0.15) is 72.1 Å². The summed E-state index contributed by atoms with van der Waals surface area (Å²) in [6.45, 7) is 6.95. The van der Waals surface area contributed by atoms with Gasteiger partial charge in [-0.05, 0) is 71.8 Å². The first-order valence-electron chi connectivity index (χ1n) is 13.0. The molecule has 3 N–H and O–H groups in total. The summed E-state index contributed by atoms with van der Waals surface area (Å²) in [5.74, 6) is -0.219. The van der Waals surface area contributed by atoms with Crippen LogP contribution in [0.15, 0.2) is 0 Å². The van der Waals surface area contributed by atoms with Gasteiger partial charge in [-0.25, -0.2) is 4.79 Å². The van der Waals surface area contributed by atoms with E-state index in [0.29, 0.717) is 57.7 Å². The monoisotopic (exact) mass is 489 g/mol. The number of likely N-dealkylation sites (tertiary alicyclic amines) is 2. The molecule has 10 nitrogen and oxygen atoms in total. The first kappa shape index (κ1) is 25.7. The largest absolute Gasteiger partial charge is 0.444 e. The third kappa shape index (κ3) is 5.56. The Morgan fingerprint density at radius 3 is 2.60 bits per heavy atom. The van der Waals surface area contributed by atoms with Gasteiger partial charge < -0.3 is 20.1 Å². The van der Waals surface area contributed by atoms with Gasteiger partial charge in [0.15, 0.2) is 0 Å². The number of aliphatic hydroxyl groups is 1. The lowest BCUT2D eigenvalue weighted by atomic mass is 9.94. The fraction of sp³-hybridized carbons (Fsp3) is 0.840. The van der Waals surface area contributed by atoms with E-state index in [1.54, 1.807) is 30.6 Å². The van der Waals surface area contributed by atoms with Crippen molar-refractivity contribution in [1.29, 1.82) is 5.26 Å². The van der Waals surface area contributed by atoms with Gasteiger partial charge in [0.2, 0.25) is 11.8 Å². The summed E-state index contributed by atoms with van der Waals surface area (Å²) in [6, 6.07) is 0.750. The molecule has 4 aliphatic rings. The lowest BCUT2D eigenvalue weighted by molar-refractivity contribution is -0.143. The number of carbonyl (C=O) groups is 3. The van der Waals surface area contributed by atoms with Crippen LogP contribution in [0.3, 0.4) is 0 Å². The lowest BCUT2D eigenvalue weighted by Gasteiger charge is -2.36. The van der Waals surface area contributed by atoms with E-state index in [1.165, 1.54) is 0 Å². The number of nitriles is 1. The van der Waals surface area contributed by atoms with Crippen LogP contribution in [0, 0.1) is 23.2 Å². The number of amides is 3. The Morgan fingerprint density at radius 1 is 1.26 bits per heavy atom. The van der Waals surface area contributed by atoms with Crippen LogP contribution in [-0.2, 0) is 14.3 Å². The molecular weight excluding hydrogens is 450 g/mol. The second kappa shape index (κ2) is 9.94. The molecule has 3 heterocycles. The van der Waals surface area contributed by atoms with E-state index in [4.69, 9.17) is 4.74 Å². The molecule has 0 bridgehead atoms. The molecular formula is C25H39N5O5. The van der Waals surface area contributed by atoms with E-state index in [1.807, 2.05) is 0 Å². The Labute approximate surface area is 207 Å². The van der Waals surface area contributed by atoms with Gasteiger partial charge in [0.05, 0.1) is 6.07 Å². The molecule has 194 valence electrons. The number of nitrogens with one attached hydrogen (secondary N) is 2. The average Bonchev–Trinajstić information content (AvgIpc) is 3.21. The maximum absolute atomic E-state index is 13.8. The number of rotatable bonds is 7. The predicted octanol–water partition coefficient (Wildman–Crippen LogP) is 1.48. The zero-order valence-corrected chi connectivity index (χ0v) is 21.1. The van der Waals surface area contributed by atoms with Crippen LogP contribution in [0.4, 0.5) is 4.79 Å². The summed E-state index contributed by atoms with van der Waals surface area (Å²) in [5, 5.41) is 25.5. The Hall–Kier alpha value is -2.38. The number of carbonyl (C=O) groups excluding carboxylic acids is 3. The minimum absolute atomic E-state index is 0.0978. The third-order valence-electron chi connectivity index (χ3n) is 7.79.